The number of carboxylic acid groups (broad SMARTS) is 1. The van der Waals surface area contributed by atoms with Crippen molar-refractivity contribution in [1.29, 1.82) is 0 Å². The van der Waals surface area contributed by atoms with Crippen LogP contribution in [0.25, 0.3) is 0 Å². The van der Waals surface area contributed by atoms with Crippen molar-refractivity contribution in [3.05, 3.63) is 0 Å². The van der Waals surface area contributed by atoms with Gasteiger partial charge in [-0.1, -0.05) is 20.8 Å². The molecule has 0 spiro atoms. The van der Waals surface area contributed by atoms with Crippen LogP contribution in [0.5, 0.6) is 0 Å². The Bertz CT molecular complexity index is 689. The first-order valence-electron chi connectivity index (χ1n) is 12.5. The minimum absolute atomic E-state index is 0.00935. The summed E-state index contributed by atoms with van der Waals surface area (Å²) in [7, 11) is 0. The molecule has 30 heavy (non-hydrogen) atoms. The van der Waals surface area contributed by atoms with E-state index in [1.165, 1.54) is 32.1 Å². The maximum Gasteiger partial charge on any atom is 0.303 e. The second-order valence-corrected chi connectivity index (χ2v) is 11.9. The lowest BCUT2D eigenvalue weighted by Gasteiger charge is -2.63. The molecule has 0 amide bonds. The standard InChI is InChI=1S/C26H42O4/c1-15(5-10-24(29)30)20-8-9-21-19-7-6-17-13-18(28)14-23(16(2)27)26(17,4)22(19)11-12-25(20,21)3/h15,17-23,28H,5-14H2,1-4H3,(H,29,30). The van der Waals surface area contributed by atoms with Crippen molar-refractivity contribution < 1.29 is 19.8 Å². The van der Waals surface area contributed by atoms with Crippen LogP contribution in [0.1, 0.15) is 91.9 Å². The summed E-state index contributed by atoms with van der Waals surface area (Å²) >= 11 is 0. The van der Waals surface area contributed by atoms with Gasteiger partial charge in [-0.25, -0.2) is 0 Å². The molecule has 0 bridgehead atoms. The highest BCUT2D eigenvalue weighted by atomic mass is 16.4. The number of Topliss-reactive ketones (excluding diaryl/α,β-unsaturated/α-hetero) is 1. The lowest BCUT2D eigenvalue weighted by molar-refractivity contribution is -0.167. The highest BCUT2D eigenvalue weighted by Crippen LogP contribution is 2.69. The first-order valence-corrected chi connectivity index (χ1v) is 12.5. The van der Waals surface area contributed by atoms with Gasteiger partial charge in [0, 0.05) is 12.3 Å². The number of aliphatic hydroxyl groups excluding tert-OH is 1. The molecule has 170 valence electrons. The summed E-state index contributed by atoms with van der Waals surface area (Å²) in [4.78, 5) is 23.8. The summed E-state index contributed by atoms with van der Waals surface area (Å²) in [6.45, 7) is 8.93. The normalized spacial score (nSPS) is 48.9. The summed E-state index contributed by atoms with van der Waals surface area (Å²) in [6, 6.07) is 0. The lowest BCUT2D eigenvalue weighted by atomic mass is 9.42. The van der Waals surface area contributed by atoms with Gasteiger partial charge in [-0.3, -0.25) is 9.59 Å². The molecule has 2 N–H and O–H groups in total. The van der Waals surface area contributed by atoms with E-state index in [4.69, 9.17) is 5.11 Å². The van der Waals surface area contributed by atoms with Crippen LogP contribution in [-0.2, 0) is 9.59 Å². The van der Waals surface area contributed by atoms with E-state index in [2.05, 4.69) is 20.8 Å². The number of rotatable bonds is 5. The Labute approximate surface area is 182 Å². The predicted molar refractivity (Wildman–Crippen MR) is 117 cm³/mol. The Balaban J connectivity index is 1.58. The van der Waals surface area contributed by atoms with Crippen molar-refractivity contribution >= 4 is 11.8 Å². The topological polar surface area (TPSA) is 74.6 Å². The van der Waals surface area contributed by atoms with Gasteiger partial charge in [0.15, 0.2) is 0 Å². The smallest absolute Gasteiger partial charge is 0.303 e. The van der Waals surface area contributed by atoms with Crippen LogP contribution >= 0.6 is 0 Å². The van der Waals surface area contributed by atoms with Crippen LogP contribution in [-0.4, -0.2) is 28.1 Å². The molecule has 0 aliphatic heterocycles. The van der Waals surface area contributed by atoms with Crippen LogP contribution in [0.3, 0.4) is 0 Å². The molecule has 0 aromatic rings. The Morgan fingerprint density at radius 1 is 1.03 bits per heavy atom. The molecule has 0 saturated heterocycles. The molecule has 4 fully saturated rings. The first kappa shape index (κ1) is 22.3. The molecule has 0 radical (unpaired) electrons. The van der Waals surface area contributed by atoms with E-state index >= 15 is 0 Å². The zero-order chi connectivity index (χ0) is 21.8. The fraction of sp³-hybridized carbons (Fsp3) is 0.923. The molecular formula is C26H42O4. The molecule has 0 aromatic carbocycles. The van der Waals surface area contributed by atoms with E-state index in [0.29, 0.717) is 47.3 Å². The van der Waals surface area contributed by atoms with Crippen molar-refractivity contribution in [3.8, 4) is 0 Å². The summed E-state index contributed by atoms with van der Waals surface area (Å²) in [5.74, 6) is 3.20. The van der Waals surface area contributed by atoms with Gasteiger partial charge in [0.05, 0.1) is 6.10 Å². The third kappa shape index (κ3) is 3.36. The number of fused-ring (bicyclic) bond motifs is 5. The second-order valence-electron chi connectivity index (χ2n) is 11.9. The van der Waals surface area contributed by atoms with Crippen molar-refractivity contribution in [3.63, 3.8) is 0 Å². The Hall–Kier alpha value is -0.900. The number of hydrogen-bond acceptors (Lipinski definition) is 3. The third-order valence-electron chi connectivity index (χ3n) is 10.8. The Morgan fingerprint density at radius 2 is 1.77 bits per heavy atom. The maximum absolute atomic E-state index is 12.7. The van der Waals surface area contributed by atoms with Crippen LogP contribution < -0.4 is 0 Å². The fourth-order valence-corrected chi connectivity index (χ4v) is 9.47. The molecule has 0 heterocycles. The summed E-state index contributed by atoms with van der Waals surface area (Å²) in [5, 5.41) is 19.6. The number of hydrogen-bond donors (Lipinski definition) is 2. The molecule has 10 atom stereocenters. The average Bonchev–Trinajstić information content (AvgIpc) is 3.03. The minimum Gasteiger partial charge on any atom is -0.481 e. The number of aliphatic hydroxyl groups is 1. The van der Waals surface area contributed by atoms with Gasteiger partial charge in [0.1, 0.15) is 5.78 Å². The third-order valence-corrected chi connectivity index (χ3v) is 10.8. The highest BCUT2D eigenvalue weighted by Gasteiger charge is 2.63. The van der Waals surface area contributed by atoms with Gasteiger partial charge in [0.2, 0.25) is 0 Å². The van der Waals surface area contributed by atoms with Gasteiger partial charge in [-0.15, -0.1) is 0 Å². The molecular weight excluding hydrogens is 376 g/mol. The molecule has 4 aliphatic rings. The Morgan fingerprint density at radius 3 is 2.43 bits per heavy atom. The number of aliphatic carboxylic acids is 1. The predicted octanol–water partition coefficient (Wildman–Crippen LogP) is 5.32. The van der Waals surface area contributed by atoms with E-state index in [0.717, 1.165) is 19.3 Å². The van der Waals surface area contributed by atoms with Gasteiger partial charge in [0.25, 0.3) is 0 Å². The SMILES string of the molecule is CC(=O)C1CC(O)CC2CCC3C4CCC(C(C)CCC(=O)O)C4(C)CCC3C21C. The second kappa shape index (κ2) is 7.90. The van der Waals surface area contributed by atoms with Gasteiger partial charge in [-0.05, 0) is 111 Å². The van der Waals surface area contributed by atoms with E-state index in [1.807, 2.05) is 0 Å². The number of ketones is 1. The van der Waals surface area contributed by atoms with Crippen molar-refractivity contribution in [2.24, 2.45) is 52.3 Å². The number of carbonyl (C=O) groups is 2. The van der Waals surface area contributed by atoms with E-state index in [1.54, 1.807) is 6.92 Å². The maximum atomic E-state index is 12.7. The summed E-state index contributed by atoms with van der Waals surface area (Å²) < 4.78 is 0. The zero-order valence-electron chi connectivity index (χ0n) is 19.4. The molecule has 10 unspecified atom stereocenters. The largest absolute Gasteiger partial charge is 0.481 e. The van der Waals surface area contributed by atoms with Crippen molar-refractivity contribution in [1.82, 2.24) is 0 Å². The number of carboxylic acids is 1. The minimum atomic E-state index is -0.675. The lowest BCUT2D eigenvalue weighted by Crippen LogP contribution is -2.58. The van der Waals surface area contributed by atoms with Crippen molar-refractivity contribution in [2.75, 3.05) is 0 Å². The zero-order valence-corrected chi connectivity index (χ0v) is 19.4. The van der Waals surface area contributed by atoms with E-state index in [-0.39, 0.29) is 29.6 Å². The van der Waals surface area contributed by atoms with E-state index in [9.17, 15) is 14.7 Å². The van der Waals surface area contributed by atoms with Crippen LogP contribution in [0.15, 0.2) is 0 Å². The number of carbonyl (C=O) groups excluding carboxylic acids is 1. The molecule has 0 aromatic heterocycles. The van der Waals surface area contributed by atoms with Crippen LogP contribution in [0, 0.1) is 52.3 Å². The molecule has 4 saturated carbocycles. The summed E-state index contributed by atoms with van der Waals surface area (Å²) in [6.07, 6.45) is 9.63. The monoisotopic (exact) mass is 418 g/mol. The quantitative estimate of drug-likeness (QED) is 0.633. The average molecular weight is 419 g/mol. The molecule has 4 rings (SSSR count). The van der Waals surface area contributed by atoms with Gasteiger partial charge >= 0.3 is 5.97 Å². The van der Waals surface area contributed by atoms with Gasteiger partial charge in [-0.2, -0.15) is 0 Å². The molecule has 4 heteroatoms. The van der Waals surface area contributed by atoms with Gasteiger partial charge < -0.3 is 10.2 Å². The van der Waals surface area contributed by atoms with Crippen LogP contribution in [0.2, 0.25) is 0 Å². The molecule has 4 aliphatic carbocycles. The van der Waals surface area contributed by atoms with Crippen molar-refractivity contribution in [2.45, 2.75) is 98.0 Å². The van der Waals surface area contributed by atoms with Crippen LogP contribution in [0.4, 0.5) is 0 Å². The fourth-order valence-electron chi connectivity index (χ4n) is 9.47. The highest BCUT2D eigenvalue weighted by molar-refractivity contribution is 5.79. The Kier molecular flexibility index (Phi) is 5.87. The first-order chi connectivity index (χ1) is 14.1. The molecule has 4 nitrogen and oxygen atoms in total. The summed E-state index contributed by atoms with van der Waals surface area (Å²) in [5.41, 5.74) is 0.366. The van der Waals surface area contributed by atoms with E-state index < -0.39 is 5.97 Å².